The maximum Gasteiger partial charge on any atom is 0.277 e. The molecule has 1 amide bonds. The minimum atomic E-state index is -0.341. The van der Waals surface area contributed by atoms with E-state index in [1.807, 2.05) is 68.4 Å². The molecule has 1 aromatic heterocycles. The molecule has 128 valence electrons. The predicted molar refractivity (Wildman–Crippen MR) is 98.7 cm³/mol. The van der Waals surface area contributed by atoms with Gasteiger partial charge in [0.1, 0.15) is 0 Å². The predicted octanol–water partition coefficient (Wildman–Crippen LogP) is 4.09. The zero-order chi connectivity index (χ0) is 17.6. The molecule has 0 aliphatic carbocycles. The van der Waals surface area contributed by atoms with Crippen molar-refractivity contribution in [1.29, 1.82) is 0 Å². The van der Waals surface area contributed by atoms with Gasteiger partial charge < -0.3 is 9.73 Å². The molecule has 1 heterocycles. The highest BCUT2D eigenvalue weighted by molar-refractivity contribution is 8.00. The topological polar surface area (TPSA) is 68.0 Å². The quantitative estimate of drug-likeness (QED) is 0.676. The van der Waals surface area contributed by atoms with Crippen molar-refractivity contribution in [3.8, 4) is 0 Å². The monoisotopic (exact) mass is 353 g/mol. The summed E-state index contributed by atoms with van der Waals surface area (Å²) < 4.78 is 5.64. The van der Waals surface area contributed by atoms with E-state index in [-0.39, 0.29) is 11.2 Å². The second-order valence-corrected chi connectivity index (χ2v) is 7.03. The average Bonchev–Trinajstić information content (AvgIpc) is 3.04. The van der Waals surface area contributed by atoms with Crippen LogP contribution >= 0.6 is 11.8 Å². The summed E-state index contributed by atoms with van der Waals surface area (Å²) in [5, 5.41) is 11.0. The lowest BCUT2D eigenvalue weighted by molar-refractivity contribution is -0.115. The van der Waals surface area contributed by atoms with Crippen LogP contribution < -0.4 is 5.32 Å². The summed E-state index contributed by atoms with van der Waals surface area (Å²) in [7, 11) is 0. The number of nitrogens with zero attached hydrogens (tertiary/aromatic N) is 2. The molecular weight excluding hydrogens is 334 g/mol. The fourth-order valence-corrected chi connectivity index (χ4v) is 2.91. The van der Waals surface area contributed by atoms with Gasteiger partial charge in [0.05, 0.1) is 11.7 Å². The molecule has 0 aliphatic rings. The first-order chi connectivity index (χ1) is 12.1. The molecule has 0 fully saturated rings. The van der Waals surface area contributed by atoms with Crippen molar-refractivity contribution in [3.63, 3.8) is 0 Å². The lowest BCUT2D eigenvalue weighted by atomic mass is 10.2. The molecule has 1 unspecified atom stereocenters. The molecular formula is C19H19N3O2S. The van der Waals surface area contributed by atoms with Crippen LogP contribution in [0.5, 0.6) is 0 Å². The number of thioether (sulfide) groups is 1. The van der Waals surface area contributed by atoms with E-state index in [4.69, 9.17) is 4.42 Å². The standard InChI is InChI=1S/C19H19N3O2S/c1-13-8-10-16(11-9-13)20-18(23)14(2)25-19-22-21-17(24-19)12-15-6-4-3-5-7-15/h3-11,14H,12H2,1-2H3,(H,20,23). The van der Waals surface area contributed by atoms with Gasteiger partial charge in [-0.15, -0.1) is 10.2 Å². The Bertz CT molecular complexity index is 831. The van der Waals surface area contributed by atoms with Gasteiger partial charge in [0.2, 0.25) is 11.8 Å². The van der Waals surface area contributed by atoms with Crippen LogP contribution in [0.1, 0.15) is 23.9 Å². The molecule has 3 aromatic rings. The Labute approximate surface area is 150 Å². The number of anilines is 1. The number of carbonyl (C=O) groups excluding carboxylic acids is 1. The second kappa shape index (κ2) is 7.98. The van der Waals surface area contributed by atoms with Crippen molar-refractivity contribution >= 4 is 23.4 Å². The third-order valence-corrected chi connectivity index (χ3v) is 4.55. The molecule has 0 aliphatic heterocycles. The largest absolute Gasteiger partial charge is 0.416 e. The summed E-state index contributed by atoms with van der Waals surface area (Å²) in [6.45, 7) is 3.82. The smallest absolute Gasteiger partial charge is 0.277 e. The van der Waals surface area contributed by atoms with Crippen molar-refractivity contribution in [2.75, 3.05) is 5.32 Å². The van der Waals surface area contributed by atoms with Crippen molar-refractivity contribution in [2.24, 2.45) is 0 Å². The minimum Gasteiger partial charge on any atom is -0.416 e. The Hall–Kier alpha value is -2.60. The van der Waals surface area contributed by atoms with Crippen molar-refractivity contribution in [3.05, 3.63) is 71.6 Å². The zero-order valence-electron chi connectivity index (χ0n) is 14.1. The van der Waals surface area contributed by atoms with Gasteiger partial charge in [-0.3, -0.25) is 4.79 Å². The fraction of sp³-hybridized carbons (Fsp3) is 0.211. The lowest BCUT2D eigenvalue weighted by Crippen LogP contribution is -2.22. The van der Waals surface area contributed by atoms with Gasteiger partial charge in [0.25, 0.3) is 5.22 Å². The summed E-state index contributed by atoms with van der Waals surface area (Å²) in [6, 6.07) is 17.6. The molecule has 0 saturated heterocycles. The summed E-state index contributed by atoms with van der Waals surface area (Å²) in [4.78, 5) is 12.3. The molecule has 0 spiro atoms. The Morgan fingerprint density at radius 2 is 1.84 bits per heavy atom. The van der Waals surface area contributed by atoms with Gasteiger partial charge in [0, 0.05) is 5.69 Å². The van der Waals surface area contributed by atoms with Crippen LogP contribution in [0.4, 0.5) is 5.69 Å². The number of rotatable bonds is 6. The number of amides is 1. The number of hydrogen-bond donors (Lipinski definition) is 1. The van der Waals surface area contributed by atoms with Crippen molar-refractivity contribution < 1.29 is 9.21 Å². The molecule has 5 nitrogen and oxygen atoms in total. The first kappa shape index (κ1) is 17.2. The summed E-state index contributed by atoms with van der Waals surface area (Å²) in [5.41, 5.74) is 3.03. The molecule has 2 aromatic carbocycles. The lowest BCUT2D eigenvalue weighted by Gasteiger charge is -2.10. The van der Waals surface area contributed by atoms with Gasteiger partial charge in [0.15, 0.2) is 0 Å². The number of aryl methyl sites for hydroxylation is 1. The van der Waals surface area contributed by atoms with E-state index in [9.17, 15) is 4.79 Å². The number of benzene rings is 2. The molecule has 3 rings (SSSR count). The van der Waals surface area contributed by atoms with Gasteiger partial charge in [-0.2, -0.15) is 0 Å². The highest BCUT2D eigenvalue weighted by Gasteiger charge is 2.18. The second-order valence-electron chi connectivity index (χ2n) is 5.74. The average molecular weight is 353 g/mol. The molecule has 0 bridgehead atoms. The van der Waals surface area contributed by atoms with E-state index in [2.05, 4.69) is 15.5 Å². The van der Waals surface area contributed by atoms with Crippen LogP contribution in [0.3, 0.4) is 0 Å². The first-order valence-corrected chi connectivity index (χ1v) is 8.88. The molecule has 1 N–H and O–H groups in total. The highest BCUT2D eigenvalue weighted by atomic mass is 32.2. The molecule has 0 radical (unpaired) electrons. The van der Waals surface area contributed by atoms with Gasteiger partial charge in [-0.05, 0) is 31.5 Å². The third kappa shape index (κ3) is 4.93. The fourth-order valence-electron chi connectivity index (χ4n) is 2.21. The van der Waals surface area contributed by atoms with E-state index in [0.717, 1.165) is 16.8 Å². The zero-order valence-corrected chi connectivity index (χ0v) is 14.9. The summed E-state index contributed by atoms with van der Waals surface area (Å²) >= 11 is 1.25. The van der Waals surface area contributed by atoms with Crippen LogP contribution in [0, 0.1) is 6.92 Å². The maximum atomic E-state index is 12.3. The minimum absolute atomic E-state index is 0.100. The van der Waals surface area contributed by atoms with Crippen LogP contribution in [-0.2, 0) is 11.2 Å². The number of carbonyl (C=O) groups is 1. The van der Waals surface area contributed by atoms with Crippen molar-refractivity contribution in [1.82, 2.24) is 10.2 Å². The Morgan fingerprint density at radius 3 is 2.56 bits per heavy atom. The van der Waals surface area contributed by atoms with Crippen molar-refractivity contribution in [2.45, 2.75) is 30.7 Å². The Morgan fingerprint density at radius 1 is 1.12 bits per heavy atom. The molecule has 6 heteroatoms. The van der Waals surface area contributed by atoms with Gasteiger partial charge in [-0.1, -0.05) is 59.8 Å². The highest BCUT2D eigenvalue weighted by Crippen LogP contribution is 2.23. The Balaban J connectivity index is 1.56. The van der Waals surface area contributed by atoms with Crippen LogP contribution in [0.2, 0.25) is 0 Å². The van der Waals surface area contributed by atoms with E-state index in [1.165, 1.54) is 11.8 Å². The molecule has 1 atom stereocenters. The van der Waals surface area contributed by atoms with E-state index < -0.39 is 0 Å². The van der Waals surface area contributed by atoms with E-state index in [1.54, 1.807) is 0 Å². The Kier molecular flexibility index (Phi) is 5.50. The normalized spacial score (nSPS) is 11.9. The first-order valence-electron chi connectivity index (χ1n) is 8.00. The van der Waals surface area contributed by atoms with Gasteiger partial charge >= 0.3 is 0 Å². The van der Waals surface area contributed by atoms with Crippen LogP contribution in [0.15, 0.2) is 64.2 Å². The maximum absolute atomic E-state index is 12.3. The van der Waals surface area contributed by atoms with Crippen LogP contribution in [-0.4, -0.2) is 21.4 Å². The van der Waals surface area contributed by atoms with Crippen LogP contribution in [0.25, 0.3) is 0 Å². The summed E-state index contributed by atoms with van der Waals surface area (Å²) in [5.74, 6) is 0.441. The van der Waals surface area contributed by atoms with Gasteiger partial charge in [-0.25, -0.2) is 0 Å². The number of aromatic nitrogens is 2. The summed E-state index contributed by atoms with van der Waals surface area (Å²) in [6.07, 6.45) is 0.582. The third-order valence-electron chi connectivity index (χ3n) is 3.61. The molecule has 25 heavy (non-hydrogen) atoms. The van der Waals surface area contributed by atoms with E-state index >= 15 is 0 Å². The number of nitrogens with one attached hydrogen (secondary N) is 1. The molecule has 0 saturated carbocycles. The number of hydrogen-bond acceptors (Lipinski definition) is 5. The SMILES string of the molecule is Cc1ccc(NC(=O)C(C)Sc2nnc(Cc3ccccc3)o2)cc1. The van der Waals surface area contributed by atoms with E-state index in [0.29, 0.717) is 17.5 Å².